The number of aryl methyl sites for hydroxylation is 4. The standard InChI is InChI=1S/C61H64N8O6/c1-6-41-30-49(58(71)62-55(41)43-18-20-53-45(26-43)28-47(64(53)4)34-66-22-24-68(25-23-66)38(3)70)60(73)75-61(74)50-31-42(7-2)56(63-59(50)72)44-19-21-54-46(27-44)29-48(65(54)5)35-67-36-51-52(37-67)57(51)69(32-39-14-10-8-11-15-39)33-40-16-12-9-13-17-40/h8-21,26-31,51-52,57H,6-7,22-25,32-37H2,1-5H3,(H,62,71)(H,63,72)/t51-,52+,57?. The first kappa shape index (κ1) is 49.6. The van der Waals surface area contributed by atoms with Crippen LogP contribution in [0.5, 0.6) is 0 Å². The summed E-state index contributed by atoms with van der Waals surface area (Å²) in [7, 11) is 4.14. The lowest BCUT2D eigenvalue weighted by atomic mass is 10.0. The van der Waals surface area contributed by atoms with Gasteiger partial charge in [-0.2, -0.15) is 0 Å². The second-order valence-electron chi connectivity index (χ2n) is 20.8. The van der Waals surface area contributed by atoms with Crippen molar-refractivity contribution in [2.24, 2.45) is 25.9 Å². The van der Waals surface area contributed by atoms with E-state index in [1.54, 1.807) is 6.92 Å². The second-order valence-corrected chi connectivity index (χ2v) is 20.8. The number of benzene rings is 4. The topological polar surface area (TPSA) is 149 Å². The van der Waals surface area contributed by atoms with Crippen molar-refractivity contribution in [1.29, 1.82) is 0 Å². The van der Waals surface area contributed by atoms with Crippen molar-refractivity contribution in [2.45, 2.75) is 65.8 Å². The van der Waals surface area contributed by atoms with Gasteiger partial charge in [-0.15, -0.1) is 0 Å². The average Bonchev–Trinajstić information content (AvgIpc) is 3.64. The number of amides is 1. The minimum absolute atomic E-state index is 0.102. The Labute approximate surface area is 436 Å². The first-order valence-corrected chi connectivity index (χ1v) is 26.3. The molecule has 2 N–H and O–H groups in total. The van der Waals surface area contributed by atoms with Crippen molar-refractivity contribution in [2.75, 3.05) is 39.3 Å². The SMILES string of the molecule is CCc1cc(C(=O)OC(=O)c2cc(CC)c(-c3ccc4c(c3)cc(CN3C[C@@H]5C(N(Cc6ccccc6)Cc6ccccc6)[C@@H]5C3)n4C)[nH]c2=O)c(=O)[nH]c1-c1ccc2c(c1)cc(CN1CCN(C(C)=O)CC1)n2C. The Bertz CT molecular complexity index is 3550. The third-order valence-corrected chi connectivity index (χ3v) is 16.2. The lowest BCUT2D eigenvalue weighted by molar-refractivity contribution is -0.130. The Morgan fingerprint density at radius 2 is 1.04 bits per heavy atom. The molecule has 0 bridgehead atoms. The molecule has 4 aromatic carbocycles. The van der Waals surface area contributed by atoms with E-state index in [1.807, 2.05) is 50.1 Å². The lowest BCUT2D eigenvalue weighted by Crippen LogP contribution is -2.47. The highest BCUT2D eigenvalue weighted by molar-refractivity contribution is 6.03. The molecule has 3 aliphatic rings. The van der Waals surface area contributed by atoms with E-state index in [0.29, 0.717) is 66.3 Å². The molecular weight excluding hydrogens is 941 g/mol. The quantitative estimate of drug-likeness (QED) is 0.0765. The normalized spacial score (nSPS) is 17.8. The molecule has 3 atom stereocenters. The molecule has 3 fully saturated rings. The monoisotopic (exact) mass is 1000 g/mol. The smallest absolute Gasteiger partial charge is 0.351 e. The number of carbonyl (C=O) groups is 3. The van der Waals surface area contributed by atoms with Crippen molar-refractivity contribution >= 4 is 39.7 Å². The van der Waals surface area contributed by atoms with Crippen molar-refractivity contribution < 1.29 is 19.1 Å². The van der Waals surface area contributed by atoms with Gasteiger partial charge in [-0.25, -0.2) is 9.59 Å². The van der Waals surface area contributed by atoms with Crippen LogP contribution in [0.1, 0.15) is 75.1 Å². The van der Waals surface area contributed by atoms with Crippen LogP contribution in [0.2, 0.25) is 0 Å². The summed E-state index contributed by atoms with van der Waals surface area (Å²) in [5.41, 5.74) is 9.24. The fourth-order valence-corrected chi connectivity index (χ4v) is 12.0. The van der Waals surface area contributed by atoms with Gasteiger partial charge in [0.1, 0.15) is 11.1 Å². The van der Waals surface area contributed by atoms with E-state index in [1.165, 1.54) is 29.0 Å². The van der Waals surface area contributed by atoms with Crippen molar-refractivity contribution in [1.82, 2.24) is 38.7 Å². The van der Waals surface area contributed by atoms with Crippen LogP contribution in [0.3, 0.4) is 0 Å². The zero-order chi connectivity index (χ0) is 52.1. The molecule has 6 heterocycles. The van der Waals surface area contributed by atoms with Crippen LogP contribution in [0, 0.1) is 11.8 Å². The average molecular weight is 1010 g/mol. The van der Waals surface area contributed by atoms with Crippen LogP contribution in [0.25, 0.3) is 44.3 Å². The summed E-state index contributed by atoms with van der Waals surface area (Å²) in [5.74, 6) is -0.891. The predicted molar refractivity (Wildman–Crippen MR) is 292 cm³/mol. The van der Waals surface area contributed by atoms with Gasteiger partial charge in [0, 0.05) is 126 Å². The summed E-state index contributed by atoms with van der Waals surface area (Å²) >= 11 is 0. The number of piperazine rings is 1. The third-order valence-electron chi connectivity index (χ3n) is 16.2. The van der Waals surface area contributed by atoms with Gasteiger partial charge in [0.05, 0.1) is 11.4 Å². The number of hydrogen-bond donors (Lipinski definition) is 2. The zero-order valence-electron chi connectivity index (χ0n) is 43.4. The molecule has 2 saturated heterocycles. The minimum atomic E-state index is -1.14. The van der Waals surface area contributed by atoms with Crippen LogP contribution in [-0.4, -0.2) is 102 Å². The first-order valence-electron chi connectivity index (χ1n) is 26.3. The highest BCUT2D eigenvalue weighted by Gasteiger charge is 2.58. The van der Waals surface area contributed by atoms with Crippen LogP contribution in [0.15, 0.2) is 131 Å². The molecule has 14 heteroatoms. The number of pyridine rings is 2. The molecular formula is C61H64N8O6. The van der Waals surface area contributed by atoms with Crippen molar-refractivity contribution in [3.8, 4) is 22.5 Å². The minimum Gasteiger partial charge on any atom is -0.385 e. The molecule has 1 aliphatic carbocycles. The number of aromatic amines is 2. The number of esters is 2. The van der Waals surface area contributed by atoms with Gasteiger partial charge in [-0.05, 0) is 107 Å². The lowest BCUT2D eigenvalue weighted by Gasteiger charge is -2.34. The largest absolute Gasteiger partial charge is 0.385 e. The Morgan fingerprint density at radius 3 is 1.48 bits per heavy atom. The van der Waals surface area contributed by atoms with Crippen LogP contribution < -0.4 is 11.1 Å². The second kappa shape index (κ2) is 20.6. The number of rotatable bonds is 15. The summed E-state index contributed by atoms with van der Waals surface area (Å²) in [6.07, 6.45) is 0.966. The van der Waals surface area contributed by atoms with Gasteiger partial charge in [0.2, 0.25) is 5.91 Å². The molecule has 0 radical (unpaired) electrons. The molecule has 11 rings (SSSR count). The molecule has 2 aliphatic heterocycles. The predicted octanol–water partition coefficient (Wildman–Crippen LogP) is 8.30. The van der Waals surface area contributed by atoms with Crippen molar-refractivity contribution in [3.63, 3.8) is 0 Å². The van der Waals surface area contributed by atoms with Crippen LogP contribution in [0.4, 0.5) is 0 Å². The van der Waals surface area contributed by atoms with Gasteiger partial charge in [-0.3, -0.25) is 29.1 Å². The molecule has 0 spiro atoms. The number of likely N-dealkylation sites (tertiary alicyclic amines) is 1. The highest BCUT2D eigenvalue weighted by Crippen LogP contribution is 2.50. The van der Waals surface area contributed by atoms with E-state index in [-0.39, 0.29) is 17.0 Å². The van der Waals surface area contributed by atoms with Gasteiger partial charge in [-0.1, -0.05) is 86.6 Å². The maximum absolute atomic E-state index is 13.7. The molecule has 1 saturated carbocycles. The fourth-order valence-electron chi connectivity index (χ4n) is 12.0. The fraction of sp³-hybridized carbons (Fsp3) is 0.328. The first-order chi connectivity index (χ1) is 36.3. The number of nitrogens with zero attached hydrogens (tertiary/aromatic N) is 6. The molecule has 8 aromatic rings. The summed E-state index contributed by atoms with van der Waals surface area (Å²) < 4.78 is 9.69. The summed E-state index contributed by atoms with van der Waals surface area (Å²) in [5, 5.41) is 2.05. The number of ether oxygens (including phenoxy) is 1. The Balaban J connectivity index is 0.753. The molecule has 75 heavy (non-hydrogen) atoms. The Morgan fingerprint density at radius 1 is 0.587 bits per heavy atom. The molecule has 14 nitrogen and oxygen atoms in total. The maximum atomic E-state index is 13.7. The number of carbonyl (C=O) groups excluding carboxylic acids is 3. The van der Waals surface area contributed by atoms with Gasteiger partial charge in [0.25, 0.3) is 11.1 Å². The third kappa shape index (κ3) is 9.93. The molecule has 1 amide bonds. The summed E-state index contributed by atoms with van der Waals surface area (Å²) in [4.78, 5) is 81.6. The zero-order valence-corrected chi connectivity index (χ0v) is 43.4. The maximum Gasteiger partial charge on any atom is 0.351 e. The molecule has 4 aromatic heterocycles. The number of hydrogen-bond acceptors (Lipinski definition) is 9. The van der Waals surface area contributed by atoms with E-state index < -0.39 is 23.1 Å². The Hall–Kier alpha value is -7.65. The summed E-state index contributed by atoms with van der Waals surface area (Å²) in [6.45, 7) is 14.1. The van der Waals surface area contributed by atoms with Gasteiger partial charge in [0.15, 0.2) is 0 Å². The number of nitrogens with one attached hydrogen (secondary N) is 2. The van der Waals surface area contributed by atoms with Crippen LogP contribution in [-0.2, 0) is 62.6 Å². The number of aromatic nitrogens is 4. The molecule has 384 valence electrons. The van der Waals surface area contributed by atoms with Gasteiger partial charge >= 0.3 is 11.9 Å². The van der Waals surface area contributed by atoms with E-state index >= 15 is 0 Å². The number of fused-ring (bicyclic) bond motifs is 3. The van der Waals surface area contributed by atoms with Crippen LogP contribution >= 0.6 is 0 Å². The highest BCUT2D eigenvalue weighted by atomic mass is 16.6. The van der Waals surface area contributed by atoms with Crippen molar-refractivity contribution in [3.05, 3.63) is 187 Å². The Kier molecular flexibility index (Phi) is 13.6. The summed E-state index contributed by atoms with van der Waals surface area (Å²) in [6, 6.07) is 41.6. The number of piperidine rings is 1. The van der Waals surface area contributed by atoms with E-state index in [0.717, 1.165) is 91.0 Å². The van der Waals surface area contributed by atoms with E-state index in [4.69, 9.17) is 4.74 Å². The van der Waals surface area contributed by atoms with E-state index in [9.17, 15) is 24.0 Å². The molecule has 1 unspecified atom stereocenters. The van der Waals surface area contributed by atoms with E-state index in [2.05, 4.69) is 126 Å². The van der Waals surface area contributed by atoms with Gasteiger partial charge < -0.3 is 28.7 Å². The number of H-pyrrole nitrogens is 2.